The van der Waals surface area contributed by atoms with Gasteiger partial charge in [-0.1, -0.05) is 330 Å². The number of allylic oxidation sites excluding steroid dienone is 16. The highest BCUT2D eigenvalue weighted by Gasteiger charge is 2.19. The first-order chi connectivity index (χ1) is 41.0. The van der Waals surface area contributed by atoms with E-state index < -0.39 is 6.10 Å². The number of unbranched alkanes of at least 4 members (excludes halogenated alkanes) is 38. The summed E-state index contributed by atoms with van der Waals surface area (Å²) in [5.74, 6) is -0.914. The van der Waals surface area contributed by atoms with Crippen molar-refractivity contribution in [3.8, 4) is 0 Å². The Bertz CT molecular complexity index is 1610. The van der Waals surface area contributed by atoms with E-state index in [1.165, 1.54) is 180 Å². The van der Waals surface area contributed by atoms with Crippen LogP contribution in [0.25, 0.3) is 0 Å². The fraction of sp³-hybridized carbons (Fsp3) is 0.753. The van der Waals surface area contributed by atoms with Crippen LogP contribution in [0.4, 0.5) is 0 Å². The van der Waals surface area contributed by atoms with Crippen molar-refractivity contribution in [3.05, 3.63) is 97.2 Å². The number of rotatable bonds is 65. The standard InChI is InChI=1S/C77H134O6/c1-4-7-10-13-16-19-22-25-28-30-32-34-36-37-38-39-41-42-44-46-49-52-55-58-61-64-67-70-76(79)82-73-74(72-81-75(78)69-66-63-60-57-54-51-48-27-24-21-18-15-12-9-6-3)83-77(80)71-68-65-62-59-56-53-50-47-45-43-40-35-33-31-29-26-23-20-17-14-11-8-5-2/h8,11,17-18,20-21,26-27,29,33,35,43,45,48,50,53,74H,4-7,9-10,12-16,19,22-25,28,30-32,34,36-42,44,46-47,49,51-52,54-73H2,1-3H3/b11-8-,20-17-,21-18-,29-26-,35-33-,45-43-,48-27-,53-50-. The normalized spacial score (nSPS) is 12.7. The highest BCUT2D eigenvalue weighted by molar-refractivity contribution is 5.71. The second kappa shape index (κ2) is 70.8. The van der Waals surface area contributed by atoms with Crippen LogP contribution >= 0.6 is 0 Å². The zero-order valence-corrected chi connectivity index (χ0v) is 54.9. The molecule has 0 aliphatic carbocycles. The minimum atomic E-state index is -0.799. The van der Waals surface area contributed by atoms with Crippen molar-refractivity contribution in [3.63, 3.8) is 0 Å². The van der Waals surface area contributed by atoms with E-state index in [0.717, 1.165) is 135 Å². The second-order valence-electron chi connectivity index (χ2n) is 23.8. The number of ether oxygens (including phenoxy) is 3. The first kappa shape index (κ1) is 79.3. The van der Waals surface area contributed by atoms with Crippen LogP contribution in [-0.4, -0.2) is 37.2 Å². The molecule has 0 heterocycles. The Morgan fingerprint density at radius 1 is 0.253 bits per heavy atom. The first-order valence-corrected chi connectivity index (χ1v) is 35.7. The van der Waals surface area contributed by atoms with E-state index in [-0.39, 0.29) is 31.1 Å². The van der Waals surface area contributed by atoms with Crippen LogP contribution in [0.5, 0.6) is 0 Å². The summed E-state index contributed by atoms with van der Waals surface area (Å²) >= 11 is 0. The quantitative estimate of drug-likeness (QED) is 0.0261. The van der Waals surface area contributed by atoms with Gasteiger partial charge < -0.3 is 14.2 Å². The molecule has 0 rings (SSSR count). The molecule has 0 aromatic heterocycles. The molecule has 0 spiro atoms. The molecule has 6 nitrogen and oxygen atoms in total. The molecule has 0 aliphatic heterocycles. The predicted octanol–water partition coefficient (Wildman–Crippen LogP) is 24.8. The summed E-state index contributed by atoms with van der Waals surface area (Å²) in [7, 11) is 0. The highest BCUT2D eigenvalue weighted by atomic mass is 16.6. The van der Waals surface area contributed by atoms with Crippen molar-refractivity contribution in [2.45, 2.75) is 361 Å². The minimum absolute atomic E-state index is 0.0903. The van der Waals surface area contributed by atoms with Gasteiger partial charge in [0.25, 0.3) is 0 Å². The molecule has 0 fully saturated rings. The van der Waals surface area contributed by atoms with E-state index in [1.54, 1.807) is 0 Å². The van der Waals surface area contributed by atoms with Crippen LogP contribution in [0.15, 0.2) is 97.2 Å². The zero-order valence-electron chi connectivity index (χ0n) is 54.9. The topological polar surface area (TPSA) is 78.9 Å². The van der Waals surface area contributed by atoms with Gasteiger partial charge in [-0.3, -0.25) is 14.4 Å². The third kappa shape index (κ3) is 69.0. The average Bonchev–Trinajstić information content (AvgIpc) is 3.49. The molecule has 0 saturated carbocycles. The Labute approximate surface area is 515 Å². The minimum Gasteiger partial charge on any atom is -0.462 e. The van der Waals surface area contributed by atoms with Gasteiger partial charge >= 0.3 is 17.9 Å². The fourth-order valence-electron chi connectivity index (χ4n) is 10.2. The number of esters is 3. The summed E-state index contributed by atoms with van der Waals surface area (Å²) in [6, 6.07) is 0. The Morgan fingerprint density at radius 2 is 0.470 bits per heavy atom. The number of hydrogen-bond donors (Lipinski definition) is 0. The molecular formula is C77H134O6. The monoisotopic (exact) mass is 1160 g/mol. The Balaban J connectivity index is 4.34. The van der Waals surface area contributed by atoms with Gasteiger partial charge in [-0.25, -0.2) is 0 Å². The molecule has 0 amide bonds. The van der Waals surface area contributed by atoms with Gasteiger partial charge in [0, 0.05) is 19.3 Å². The van der Waals surface area contributed by atoms with Gasteiger partial charge in [0.1, 0.15) is 13.2 Å². The fourth-order valence-corrected chi connectivity index (χ4v) is 10.2. The Kier molecular flexibility index (Phi) is 67.7. The third-order valence-corrected chi connectivity index (χ3v) is 15.6. The van der Waals surface area contributed by atoms with Crippen molar-refractivity contribution in [2.24, 2.45) is 0 Å². The second-order valence-corrected chi connectivity index (χ2v) is 23.8. The van der Waals surface area contributed by atoms with Gasteiger partial charge in [-0.2, -0.15) is 0 Å². The lowest BCUT2D eigenvalue weighted by Gasteiger charge is -2.18. The maximum Gasteiger partial charge on any atom is 0.306 e. The van der Waals surface area contributed by atoms with Crippen LogP contribution in [0.2, 0.25) is 0 Å². The van der Waals surface area contributed by atoms with E-state index in [0.29, 0.717) is 19.3 Å². The molecule has 0 aliphatic rings. The molecule has 0 aromatic rings. The van der Waals surface area contributed by atoms with Crippen LogP contribution in [0.3, 0.4) is 0 Å². The molecule has 0 bridgehead atoms. The van der Waals surface area contributed by atoms with Gasteiger partial charge in [0.05, 0.1) is 0 Å². The Hall–Kier alpha value is -3.67. The lowest BCUT2D eigenvalue weighted by Crippen LogP contribution is -2.30. The molecule has 83 heavy (non-hydrogen) atoms. The summed E-state index contributed by atoms with van der Waals surface area (Å²) in [5.41, 5.74) is 0. The lowest BCUT2D eigenvalue weighted by atomic mass is 10.0. The van der Waals surface area contributed by atoms with Crippen molar-refractivity contribution in [1.29, 1.82) is 0 Å². The molecular weight excluding hydrogens is 1020 g/mol. The Morgan fingerprint density at radius 3 is 0.759 bits per heavy atom. The zero-order chi connectivity index (χ0) is 59.9. The molecule has 0 N–H and O–H groups in total. The summed E-state index contributed by atoms with van der Waals surface area (Å²) < 4.78 is 17.0. The maximum absolute atomic E-state index is 13.0. The van der Waals surface area contributed by atoms with E-state index in [1.807, 2.05) is 0 Å². The smallest absolute Gasteiger partial charge is 0.306 e. The lowest BCUT2D eigenvalue weighted by molar-refractivity contribution is -0.167. The van der Waals surface area contributed by atoms with E-state index in [4.69, 9.17) is 14.2 Å². The van der Waals surface area contributed by atoms with Crippen molar-refractivity contribution in [2.75, 3.05) is 13.2 Å². The molecule has 1 atom stereocenters. The maximum atomic E-state index is 13.0. The third-order valence-electron chi connectivity index (χ3n) is 15.6. The first-order valence-electron chi connectivity index (χ1n) is 35.7. The van der Waals surface area contributed by atoms with Gasteiger partial charge in [0.15, 0.2) is 6.10 Å². The average molecular weight is 1160 g/mol. The van der Waals surface area contributed by atoms with Crippen molar-refractivity contribution >= 4 is 17.9 Å². The summed E-state index contributed by atoms with van der Waals surface area (Å²) in [5, 5.41) is 0. The molecule has 6 heteroatoms. The molecule has 1 unspecified atom stereocenters. The SMILES string of the molecule is CC/C=C\C/C=C\C/C=C\C/C=C\C/C=C\C/C=C\CCCCCCC(=O)OC(COC(=O)CCCCCCC/C=C\C/C=C\CCCCC)COC(=O)CCCCCCCCCCCCCCCCCCCCCCCCCCCCC. The van der Waals surface area contributed by atoms with Crippen LogP contribution in [0, 0.1) is 0 Å². The highest BCUT2D eigenvalue weighted by Crippen LogP contribution is 2.18. The number of hydrogen-bond acceptors (Lipinski definition) is 6. The summed E-state index contributed by atoms with van der Waals surface area (Å²) in [6.45, 7) is 6.52. The summed E-state index contributed by atoms with van der Waals surface area (Å²) in [4.78, 5) is 38.5. The number of carbonyl (C=O) groups excluding carboxylic acids is 3. The number of carbonyl (C=O) groups is 3. The summed E-state index contributed by atoms with van der Waals surface area (Å²) in [6.07, 6.45) is 95.8. The van der Waals surface area contributed by atoms with Gasteiger partial charge in [-0.15, -0.1) is 0 Å². The molecule has 0 aromatic carbocycles. The molecule has 0 saturated heterocycles. The molecule has 478 valence electrons. The van der Waals surface area contributed by atoms with Gasteiger partial charge in [0.2, 0.25) is 0 Å². The predicted molar refractivity (Wildman–Crippen MR) is 362 cm³/mol. The van der Waals surface area contributed by atoms with Crippen molar-refractivity contribution in [1.82, 2.24) is 0 Å². The van der Waals surface area contributed by atoms with Crippen LogP contribution < -0.4 is 0 Å². The molecule has 0 radical (unpaired) electrons. The van der Waals surface area contributed by atoms with Gasteiger partial charge in [-0.05, 0) is 103 Å². The largest absolute Gasteiger partial charge is 0.462 e. The van der Waals surface area contributed by atoms with E-state index in [9.17, 15) is 14.4 Å². The van der Waals surface area contributed by atoms with E-state index in [2.05, 4.69) is 118 Å². The van der Waals surface area contributed by atoms with Crippen LogP contribution in [-0.2, 0) is 28.6 Å². The van der Waals surface area contributed by atoms with Crippen molar-refractivity contribution < 1.29 is 28.6 Å². The van der Waals surface area contributed by atoms with Crippen LogP contribution in [0.1, 0.15) is 355 Å². The van der Waals surface area contributed by atoms with E-state index >= 15 is 0 Å².